The number of hydrogen-bond donors (Lipinski definition) is 2. The number of hydrogen-bond acceptors (Lipinski definition) is 4. The van der Waals surface area contributed by atoms with Gasteiger partial charge in [0.05, 0.1) is 11.8 Å². The van der Waals surface area contributed by atoms with Crippen LogP contribution in [0.5, 0.6) is 0 Å². The van der Waals surface area contributed by atoms with Gasteiger partial charge in [-0.05, 0) is 31.8 Å². The van der Waals surface area contributed by atoms with Gasteiger partial charge in [0.15, 0.2) is 0 Å². The van der Waals surface area contributed by atoms with E-state index in [0.29, 0.717) is 6.04 Å². The highest BCUT2D eigenvalue weighted by Gasteiger charge is 2.21. The van der Waals surface area contributed by atoms with Gasteiger partial charge < -0.3 is 10.2 Å². The van der Waals surface area contributed by atoms with Gasteiger partial charge in [-0.1, -0.05) is 24.0 Å². The maximum atomic E-state index is 3.89. The molecule has 1 saturated heterocycles. The summed E-state index contributed by atoms with van der Waals surface area (Å²) in [6.07, 6.45) is 3.52. The standard InChI is InChI=1S/C19H25N5/c1-23-9-10-24(2)19(15-23)14-20-11-17-6-3-16(4-7-17)5-8-18-12-21-22-13-18/h3-4,6-7,12-13,19-20H,9-11,14-15H2,1-2H3,(H,21,22). The summed E-state index contributed by atoms with van der Waals surface area (Å²) < 4.78 is 0. The highest BCUT2D eigenvalue weighted by atomic mass is 15.3. The van der Waals surface area contributed by atoms with Crippen molar-refractivity contribution in [2.75, 3.05) is 40.3 Å². The fourth-order valence-corrected chi connectivity index (χ4v) is 2.87. The Kier molecular flexibility index (Phi) is 5.65. The maximum Gasteiger partial charge on any atom is 0.0644 e. The van der Waals surface area contributed by atoms with Gasteiger partial charge in [0, 0.05) is 50.5 Å². The quantitative estimate of drug-likeness (QED) is 0.829. The van der Waals surface area contributed by atoms with Crippen molar-refractivity contribution in [2.45, 2.75) is 12.6 Å². The highest BCUT2D eigenvalue weighted by molar-refractivity contribution is 5.41. The molecule has 3 rings (SSSR count). The summed E-state index contributed by atoms with van der Waals surface area (Å²) in [7, 11) is 4.41. The topological polar surface area (TPSA) is 47.2 Å². The van der Waals surface area contributed by atoms with Crippen molar-refractivity contribution in [3.8, 4) is 11.8 Å². The highest BCUT2D eigenvalue weighted by Crippen LogP contribution is 2.06. The first-order chi connectivity index (χ1) is 11.7. The molecule has 126 valence electrons. The van der Waals surface area contributed by atoms with Crippen molar-refractivity contribution in [1.82, 2.24) is 25.3 Å². The predicted octanol–water partition coefficient (Wildman–Crippen LogP) is 1.14. The predicted molar refractivity (Wildman–Crippen MR) is 96.6 cm³/mol. The van der Waals surface area contributed by atoms with Gasteiger partial charge in [-0.3, -0.25) is 10.00 Å². The molecule has 1 atom stereocenters. The number of rotatable bonds is 4. The molecule has 5 heteroatoms. The average molecular weight is 323 g/mol. The van der Waals surface area contributed by atoms with Gasteiger partial charge in [0.1, 0.15) is 0 Å². The van der Waals surface area contributed by atoms with Crippen molar-refractivity contribution < 1.29 is 0 Å². The molecule has 1 fully saturated rings. The Morgan fingerprint density at radius 2 is 1.96 bits per heavy atom. The van der Waals surface area contributed by atoms with Crippen molar-refractivity contribution >= 4 is 0 Å². The molecule has 0 amide bonds. The first-order valence-corrected chi connectivity index (χ1v) is 8.40. The fraction of sp³-hybridized carbons (Fsp3) is 0.421. The van der Waals surface area contributed by atoms with E-state index in [1.54, 1.807) is 12.4 Å². The molecule has 5 nitrogen and oxygen atoms in total. The van der Waals surface area contributed by atoms with Crippen LogP contribution < -0.4 is 5.32 Å². The van der Waals surface area contributed by atoms with Crippen molar-refractivity contribution in [1.29, 1.82) is 0 Å². The number of likely N-dealkylation sites (N-methyl/N-ethyl adjacent to an activating group) is 2. The van der Waals surface area contributed by atoms with Crippen LogP contribution in [0.3, 0.4) is 0 Å². The Morgan fingerprint density at radius 3 is 2.71 bits per heavy atom. The SMILES string of the molecule is CN1CCN(C)C(CNCc2ccc(C#Cc3cn[nH]c3)cc2)C1. The van der Waals surface area contributed by atoms with E-state index < -0.39 is 0 Å². The molecule has 1 aromatic carbocycles. The van der Waals surface area contributed by atoms with Crippen LogP contribution in [0.15, 0.2) is 36.7 Å². The molecule has 2 N–H and O–H groups in total. The van der Waals surface area contributed by atoms with E-state index in [0.717, 1.165) is 43.9 Å². The lowest BCUT2D eigenvalue weighted by Crippen LogP contribution is -2.53. The number of benzene rings is 1. The summed E-state index contributed by atoms with van der Waals surface area (Å²) >= 11 is 0. The lowest BCUT2D eigenvalue weighted by atomic mass is 10.1. The molecule has 1 aromatic heterocycles. The van der Waals surface area contributed by atoms with Crippen LogP contribution >= 0.6 is 0 Å². The lowest BCUT2D eigenvalue weighted by molar-refractivity contribution is 0.113. The minimum absolute atomic E-state index is 0.587. The third-order valence-electron chi connectivity index (χ3n) is 4.49. The van der Waals surface area contributed by atoms with Crippen LogP contribution in [-0.4, -0.2) is 66.3 Å². The lowest BCUT2D eigenvalue weighted by Gasteiger charge is -2.37. The second kappa shape index (κ2) is 8.11. The Labute approximate surface area is 144 Å². The van der Waals surface area contributed by atoms with E-state index in [-0.39, 0.29) is 0 Å². The van der Waals surface area contributed by atoms with E-state index in [9.17, 15) is 0 Å². The monoisotopic (exact) mass is 323 g/mol. The van der Waals surface area contributed by atoms with Gasteiger partial charge in [-0.25, -0.2) is 0 Å². The summed E-state index contributed by atoms with van der Waals surface area (Å²) in [4.78, 5) is 4.85. The second-order valence-electron chi connectivity index (χ2n) is 6.46. The van der Waals surface area contributed by atoms with Gasteiger partial charge in [-0.15, -0.1) is 0 Å². The van der Waals surface area contributed by atoms with Crippen molar-refractivity contribution in [3.05, 3.63) is 53.3 Å². The fourth-order valence-electron chi connectivity index (χ4n) is 2.87. The molecule has 0 bridgehead atoms. The number of nitrogens with zero attached hydrogens (tertiary/aromatic N) is 3. The summed E-state index contributed by atoms with van der Waals surface area (Å²) in [6, 6.07) is 9.02. The largest absolute Gasteiger partial charge is 0.311 e. The molecule has 24 heavy (non-hydrogen) atoms. The summed E-state index contributed by atoms with van der Waals surface area (Å²) in [5.41, 5.74) is 3.21. The van der Waals surface area contributed by atoms with E-state index in [1.807, 2.05) is 0 Å². The first kappa shape index (κ1) is 16.7. The van der Waals surface area contributed by atoms with Crippen LogP contribution in [0.2, 0.25) is 0 Å². The van der Waals surface area contributed by atoms with Crippen LogP contribution in [0, 0.1) is 11.8 Å². The van der Waals surface area contributed by atoms with Gasteiger partial charge in [-0.2, -0.15) is 5.10 Å². The third kappa shape index (κ3) is 4.68. The van der Waals surface area contributed by atoms with E-state index in [1.165, 1.54) is 5.56 Å². The van der Waals surface area contributed by atoms with E-state index in [4.69, 9.17) is 0 Å². The summed E-state index contributed by atoms with van der Waals surface area (Å²) in [5.74, 6) is 6.24. The first-order valence-electron chi connectivity index (χ1n) is 8.40. The number of H-pyrrole nitrogens is 1. The van der Waals surface area contributed by atoms with Crippen LogP contribution in [0.4, 0.5) is 0 Å². The number of aromatic amines is 1. The Hall–Kier alpha value is -2.13. The van der Waals surface area contributed by atoms with Crippen LogP contribution in [0.1, 0.15) is 16.7 Å². The van der Waals surface area contributed by atoms with Gasteiger partial charge >= 0.3 is 0 Å². The number of piperazine rings is 1. The van der Waals surface area contributed by atoms with Gasteiger partial charge in [0.25, 0.3) is 0 Å². The molecule has 0 radical (unpaired) electrons. The minimum Gasteiger partial charge on any atom is -0.311 e. The molecule has 1 unspecified atom stereocenters. The summed E-state index contributed by atoms with van der Waals surface area (Å²) in [5, 5.41) is 10.2. The molecular formula is C19H25N5. The third-order valence-corrected chi connectivity index (χ3v) is 4.49. The molecule has 0 spiro atoms. The zero-order chi connectivity index (χ0) is 16.8. The molecular weight excluding hydrogens is 298 g/mol. The second-order valence-corrected chi connectivity index (χ2v) is 6.46. The zero-order valence-corrected chi connectivity index (χ0v) is 14.4. The summed E-state index contributed by atoms with van der Waals surface area (Å²) in [6.45, 7) is 5.35. The van der Waals surface area contributed by atoms with Gasteiger partial charge in [0.2, 0.25) is 0 Å². The molecule has 0 saturated carbocycles. The maximum absolute atomic E-state index is 3.89. The van der Waals surface area contributed by atoms with Crippen molar-refractivity contribution in [2.24, 2.45) is 0 Å². The molecule has 2 heterocycles. The molecule has 1 aliphatic heterocycles. The smallest absolute Gasteiger partial charge is 0.0644 e. The number of nitrogens with one attached hydrogen (secondary N) is 2. The minimum atomic E-state index is 0.587. The van der Waals surface area contributed by atoms with E-state index >= 15 is 0 Å². The van der Waals surface area contributed by atoms with E-state index in [2.05, 4.69) is 75.5 Å². The van der Waals surface area contributed by atoms with Crippen LogP contribution in [0.25, 0.3) is 0 Å². The number of aromatic nitrogens is 2. The molecule has 2 aromatic rings. The van der Waals surface area contributed by atoms with Crippen molar-refractivity contribution in [3.63, 3.8) is 0 Å². The van der Waals surface area contributed by atoms with Crippen LogP contribution in [-0.2, 0) is 6.54 Å². The zero-order valence-electron chi connectivity index (χ0n) is 14.4. The molecule has 0 aliphatic carbocycles. The molecule has 1 aliphatic rings. The normalized spacial score (nSPS) is 19.0. The Bertz CT molecular complexity index is 681. The average Bonchev–Trinajstić information content (AvgIpc) is 3.11. The Morgan fingerprint density at radius 1 is 1.17 bits per heavy atom. The Balaban J connectivity index is 1.48.